The summed E-state index contributed by atoms with van der Waals surface area (Å²) in [6, 6.07) is 14.8. The Morgan fingerprint density at radius 2 is 1.79 bits per heavy atom. The minimum atomic E-state index is -0.382. The van der Waals surface area contributed by atoms with Crippen molar-refractivity contribution in [2.45, 2.75) is 32.6 Å². The summed E-state index contributed by atoms with van der Waals surface area (Å²) >= 11 is 0. The fourth-order valence-electron chi connectivity index (χ4n) is 3.98. The molecule has 34 heavy (non-hydrogen) atoms. The van der Waals surface area contributed by atoms with E-state index in [0.29, 0.717) is 48.9 Å². The molecule has 2 N–H and O–H groups in total. The van der Waals surface area contributed by atoms with Crippen LogP contribution >= 0.6 is 0 Å². The van der Waals surface area contributed by atoms with E-state index in [4.69, 9.17) is 5.26 Å². The highest BCUT2D eigenvalue weighted by Gasteiger charge is 2.25. The summed E-state index contributed by atoms with van der Waals surface area (Å²) in [5.74, 6) is 0.257. The highest BCUT2D eigenvalue weighted by atomic mass is 16.2. The number of amides is 4. The minimum Gasteiger partial charge on any atom is -0.344 e. The highest BCUT2D eigenvalue weighted by molar-refractivity contribution is 5.97. The number of rotatable bonds is 6. The van der Waals surface area contributed by atoms with Crippen LogP contribution in [0, 0.1) is 18.3 Å². The number of aryl methyl sites for hydroxylation is 1. The van der Waals surface area contributed by atoms with Crippen molar-refractivity contribution in [2.75, 3.05) is 38.5 Å². The third-order valence-electron chi connectivity index (χ3n) is 6.30. The van der Waals surface area contributed by atoms with Crippen LogP contribution in [-0.2, 0) is 4.79 Å². The summed E-state index contributed by atoms with van der Waals surface area (Å²) in [6.07, 6.45) is 1.73. The average Bonchev–Trinajstić information content (AvgIpc) is 2.85. The van der Waals surface area contributed by atoms with Crippen LogP contribution < -0.4 is 10.6 Å². The fourth-order valence-corrected chi connectivity index (χ4v) is 3.98. The molecule has 8 heteroatoms. The van der Waals surface area contributed by atoms with Gasteiger partial charge in [-0.1, -0.05) is 18.2 Å². The zero-order valence-corrected chi connectivity index (χ0v) is 19.9. The predicted molar refractivity (Wildman–Crippen MR) is 131 cm³/mol. The van der Waals surface area contributed by atoms with Gasteiger partial charge in [0.2, 0.25) is 5.91 Å². The Morgan fingerprint density at radius 3 is 2.41 bits per heavy atom. The van der Waals surface area contributed by atoms with E-state index in [-0.39, 0.29) is 17.8 Å². The lowest BCUT2D eigenvalue weighted by molar-refractivity contribution is -0.127. The van der Waals surface area contributed by atoms with Gasteiger partial charge < -0.3 is 20.4 Å². The molecule has 1 aliphatic rings. The third kappa shape index (κ3) is 6.35. The number of likely N-dealkylation sites (N-methyl/N-ethyl adjacent to an activating group) is 1. The highest BCUT2D eigenvalue weighted by Crippen LogP contribution is 2.29. The van der Waals surface area contributed by atoms with Crippen LogP contribution in [0.25, 0.3) is 0 Å². The lowest BCUT2D eigenvalue weighted by Crippen LogP contribution is -2.38. The first-order valence-electron chi connectivity index (χ1n) is 11.4. The van der Waals surface area contributed by atoms with Gasteiger partial charge in [-0.05, 0) is 61.1 Å². The standard InChI is InChI=1S/C26H31N5O3/c1-18-4-7-23(16-24(18)29-26(34)28-12-15-30(3)19(2)32)25(33)31-13-10-22(11-14-31)21-8-5-20(17-27)6-9-21/h4-9,16,22H,10-15H2,1-3H3,(H2,28,29,34). The van der Waals surface area contributed by atoms with E-state index in [1.54, 1.807) is 19.2 Å². The van der Waals surface area contributed by atoms with Crippen molar-refractivity contribution >= 4 is 23.5 Å². The Kier molecular flexibility index (Phi) is 8.25. The second-order valence-corrected chi connectivity index (χ2v) is 8.65. The summed E-state index contributed by atoms with van der Waals surface area (Å²) < 4.78 is 0. The number of nitrogens with one attached hydrogen (secondary N) is 2. The van der Waals surface area contributed by atoms with Gasteiger partial charge in [0.25, 0.3) is 5.91 Å². The molecule has 1 aliphatic heterocycles. The van der Waals surface area contributed by atoms with E-state index in [1.807, 2.05) is 42.2 Å². The van der Waals surface area contributed by atoms with Crippen molar-refractivity contribution in [3.63, 3.8) is 0 Å². The largest absolute Gasteiger partial charge is 0.344 e. The minimum absolute atomic E-state index is 0.0511. The number of likely N-dealkylation sites (tertiary alicyclic amines) is 1. The van der Waals surface area contributed by atoms with E-state index in [1.165, 1.54) is 17.4 Å². The first-order chi connectivity index (χ1) is 16.3. The molecule has 1 fully saturated rings. The van der Waals surface area contributed by atoms with Crippen LogP contribution in [0.4, 0.5) is 10.5 Å². The Morgan fingerprint density at radius 1 is 1.12 bits per heavy atom. The van der Waals surface area contributed by atoms with Crippen molar-refractivity contribution in [1.82, 2.24) is 15.1 Å². The fraction of sp³-hybridized carbons (Fsp3) is 0.385. The summed E-state index contributed by atoms with van der Waals surface area (Å²) in [7, 11) is 1.67. The summed E-state index contributed by atoms with van der Waals surface area (Å²) in [5.41, 5.74) is 3.82. The molecular weight excluding hydrogens is 430 g/mol. The van der Waals surface area contributed by atoms with Gasteiger partial charge in [0.05, 0.1) is 11.6 Å². The smallest absolute Gasteiger partial charge is 0.319 e. The first kappa shape index (κ1) is 24.8. The van der Waals surface area contributed by atoms with Gasteiger partial charge in [0.1, 0.15) is 0 Å². The molecule has 0 aliphatic carbocycles. The molecule has 3 rings (SSSR count). The molecule has 0 radical (unpaired) electrons. The average molecular weight is 462 g/mol. The topological polar surface area (TPSA) is 106 Å². The molecule has 4 amide bonds. The van der Waals surface area contributed by atoms with Gasteiger partial charge in [0, 0.05) is 51.4 Å². The maximum Gasteiger partial charge on any atom is 0.319 e. The van der Waals surface area contributed by atoms with Crippen LogP contribution in [0.2, 0.25) is 0 Å². The number of nitrogens with zero attached hydrogens (tertiary/aromatic N) is 3. The summed E-state index contributed by atoms with van der Waals surface area (Å²) in [4.78, 5) is 40.0. The van der Waals surface area contributed by atoms with Crippen LogP contribution in [0.15, 0.2) is 42.5 Å². The van der Waals surface area contributed by atoms with Gasteiger partial charge >= 0.3 is 6.03 Å². The van der Waals surface area contributed by atoms with E-state index in [9.17, 15) is 14.4 Å². The van der Waals surface area contributed by atoms with Crippen molar-refractivity contribution in [3.05, 3.63) is 64.7 Å². The van der Waals surface area contributed by atoms with Gasteiger partial charge in [-0.2, -0.15) is 5.26 Å². The Labute approximate surface area is 200 Å². The molecule has 1 saturated heterocycles. The van der Waals surface area contributed by atoms with E-state index in [2.05, 4.69) is 16.7 Å². The molecule has 0 unspecified atom stereocenters. The number of urea groups is 1. The summed E-state index contributed by atoms with van der Waals surface area (Å²) in [6.45, 7) is 5.40. The maximum absolute atomic E-state index is 13.1. The van der Waals surface area contributed by atoms with Gasteiger partial charge in [-0.15, -0.1) is 0 Å². The van der Waals surface area contributed by atoms with E-state index in [0.717, 1.165) is 18.4 Å². The second kappa shape index (κ2) is 11.3. The van der Waals surface area contributed by atoms with Gasteiger partial charge in [0.15, 0.2) is 0 Å². The number of piperidine rings is 1. The molecule has 0 aromatic heterocycles. The predicted octanol–water partition coefficient (Wildman–Crippen LogP) is 3.49. The molecule has 2 aromatic rings. The zero-order valence-electron chi connectivity index (χ0n) is 19.9. The lowest BCUT2D eigenvalue weighted by atomic mass is 9.89. The maximum atomic E-state index is 13.1. The third-order valence-corrected chi connectivity index (χ3v) is 6.30. The number of hydrogen-bond donors (Lipinski definition) is 2. The summed E-state index contributed by atoms with van der Waals surface area (Å²) in [5, 5.41) is 14.5. The van der Waals surface area contributed by atoms with E-state index >= 15 is 0 Å². The number of benzene rings is 2. The molecule has 0 saturated carbocycles. The Hall–Kier alpha value is -3.86. The number of carbonyl (C=O) groups is 3. The van der Waals surface area contributed by atoms with Crippen LogP contribution in [0.1, 0.15) is 52.7 Å². The monoisotopic (exact) mass is 461 g/mol. The van der Waals surface area contributed by atoms with Gasteiger partial charge in [-0.3, -0.25) is 9.59 Å². The van der Waals surface area contributed by atoms with Crippen LogP contribution in [0.3, 0.4) is 0 Å². The molecular formula is C26H31N5O3. The van der Waals surface area contributed by atoms with Crippen molar-refractivity contribution < 1.29 is 14.4 Å². The quantitative estimate of drug-likeness (QED) is 0.687. The second-order valence-electron chi connectivity index (χ2n) is 8.65. The lowest BCUT2D eigenvalue weighted by Gasteiger charge is -2.32. The number of hydrogen-bond acceptors (Lipinski definition) is 4. The van der Waals surface area contributed by atoms with Gasteiger partial charge in [-0.25, -0.2) is 4.79 Å². The normalized spacial score (nSPS) is 13.6. The number of carbonyl (C=O) groups excluding carboxylic acids is 3. The molecule has 2 aromatic carbocycles. The zero-order chi connectivity index (χ0) is 24.7. The Balaban J connectivity index is 1.56. The van der Waals surface area contributed by atoms with Crippen LogP contribution in [-0.4, -0.2) is 60.9 Å². The SMILES string of the molecule is CC(=O)N(C)CCNC(=O)Nc1cc(C(=O)N2CCC(c3ccc(C#N)cc3)CC2)ccc1C. The number of anilines is 1. The molecule has 0 bridgehead atoms. The molecule has 0 spiro atoms. The molecule has 178 valence electrons. The molecule has 0 atom stereocenters. The van der Waals surface area contributed by atoms with Crippen molar-refractivity contribution in [3.8, 4) is 6.07 Å². The first-order valence-corrected chi connectivity index (χ1v) is 11.4. The van der Waals surface area contributed by atoms with Crippen molar-refractivity contribution in [1.29, 1.82) is 5.26 Å². The van der Waals surface area contributed by atoms with Crippen molar-refractivity contribution in [2.24, 2.45) is 0 Å². The Bertz CT molecular complexity index is 1080. The van der Waals surface area contributed by atoms with Crippen LogP contribution in [0.5, 0.6) is 0 Å². The number of nitriles is 1. The molecule has 1 heterocycles. The van der Waals surface area contributed by atoms with E-state index < -0.39 is 0 Å². The molecule has 8 nitrogen and oxygen atoms in total.